The molecule has 1 heterocycles. The van der Waals surface area contributed by atoms with E-state index in [0.717, 1.165) is 21.8 Å². The number of hydrogen-bond acceptors (Lipinski definition) is 1. The Morgan fingerprint density at radius 1 is 1.27 bits per heavy atom. The zero-order valence-electron chi connectivity index (χ0n) is 9.19. The molecule has 3 N–H and O–H groups in total. The second-order valence-corrected chi connectivity index (χ2v) is 4.45. The zero-order chi connectivity index (χ0) is 11.2. The Kier molecular flexibility index (Phi) is 2.49. The summed E-state index contributed by atoms with van der Waals surface area (Å²) in [4.78, 5) is 3.36. The quantitative estimate of drug-likeness (QED) is 0.763. The molecule has 1 unspecified atom stereocenters. The Balaban J connectivity index is 2.82. The van der Waals surface area contributed by atoms with Crippen molar-refractivity contribution < 1.29 is 0 Å². The molecule has 15 heavy (non-hydrogen) atoms. The van der Waals surface area contributed by atoms with Gasteiger partial charge in [0.15, 0.2) is 0 Å². The van der Waals surface area contributed by atoms with E-state index in [0.29, 0.717) is 0 Å². The van der Waals surface area contributed by atoms with E-state index >= 15 is 0 Å². The fraction of sp³-hybridized carbons (Fsp3) is 0.333. The van der Waals surface area contributed by atoms with E-state index in [9.17, 15) is 0 Å². The van der Waals surface area contributed by atoms with E-state index in [1.54, 1.807) is 0 Å². The van der Waals surface area contributed by atoms with Crippen molar-refractivity contribution >= 4 is 22.5 Å². The second kappa shape index (κ2) is 3.54. The minimum absolute atomic E-state index is 0.0237. The number of fused-ring (bicyclic) bond motifs is 1. The van der Waals surface area contributed by atoms with Crippen LogP contribution < -0.4 is 5.73 Å². The molecule has 0 bridgehead atoms. The van der Waals surface area contributed by atoms with Crippen molar-refractivity contribution in [3.05, 3.63) is 34.0 Å². The first-order valence-electron chi connectivity index (χ1n) is 5.05. The number of aromatic amines is 1. The van der Waals surface area contributed by atoms with Crippen molar-refractivity contribution in [1.82, 2.24) is 4.98 Å². The van der Waals surface area contributed by atoms with Gasteiger partial charge in [0.2, 0.25) is 0 Å². The van der Waals surface area contributed by atoms with Crippen LogP contribution >= 0.6 is 11.6 Å². The van der Waals surface area contributed by atoms with Crippen LogP contribution in [0.4, 0.5) is 0 Å². The molecule has 0 saturated carbocycles. The summed E-state index contributed by atoms with van der Waals surface area (Å²) in [5, 5.41) is 2.00. The summed E-state index contributed by atoms with van der Waals surface area (Å²) in [5.41, 5.74) is 10.4. The van der Waals surface area contributed by atoms with Crippen LogP contribution in [0.3, 0.4) is 0 Å². The number of nitrogens with one attached hydrogen (secondary N) is 1. The first kappa shape index (κ1) is 10.5. The molecule has 0 spiro atoms. The van der Waals surface area contributed by atoms with E-state index in [1.165, 1.54) is 10.9 Å². The molecule has 0 aliphatic carbocycles. The molecule has 2 rings (SSSR count). The highest BCUT2D eigenvalue weighted by Crippen LogP contribution is 2.30. The molecule has 3 heteroatoms. The fourth-order valence-electron chi connectivity index (χ4n) is 1.99. The van der Waals surface area contributed by atoms with E-state index < -0.39 is 0 Å². The normalized spacial score (nSPS) is 13.4. The van der Waals surface area contributed by atoms with E-state index in [2.05, 4.69) is 11.9 Å². The lowest BCUT2D eigenvalue weighted by Crippen LogP contribution is -2.06. The molecule has 2 aromatic rings. The van der Waals surface area contributed by atoms with Gasteiger partial charge in [-0.3, -0.25) is 0 Å². The minimum atomic E-state index is 0.0237. The van der Waals surface area contributed by atoms with Gasteiger partial charge in [-0.2, -0.15) is 0 Å². The Bertz CT molecular complexity index is 512. The lowest BCUT2D eigenvalue weighted by Gasteiger charge is -2.02. The Labute approximate surface area is 94.4 Å². The first-order valence-corrected chi connectivity index (χ1v) is 5.43. The van der Waals surface area contributed by atoms with Crippen molar-refractivity contribution in [2.75, 3.05) is 0 Å². The zero-order valence-corrected chi connectivity index (χ0v) is 9.94. The topological polar surface area (TPSA) is 41.8 Å². The highest BCUT2D eigenvalue weighted by atomic mass is 35.5. The SMILES string of the molecule is Cc1c(C(C)N)[nH]c2c(C)c(Cl)ccc12. The van der Waals surface area contributed by atoms with Crippen LogP contribution in [0, 0.1) is 13.8 Å². The summed E-state index contributed by atoms with van der Waals surface area (Å²) in [7, 11) is 0. The van der Waals surface area contributed by atoms with E-state index in [4.69, 9.17) is 17.3 Å². The summed E-state index contributed by atoms with van der Waals surface area (Å²) < 4.78 is 0. The number of hydrogen-bond donors (Lipinski definition) is 2. The van der Waals surface area contributed by atoms with Gasteiger partial charge in [-0.25, -0.2) is 0 Å². The van der Waals surface area contributed by atoms with Gasteiger partial charge in [0.1, 0.15) is 0 Å². The van der Waals surface area contributed by atoms with Crippen molar-refractivity contribution in [2.45, 2.75) is 26.8 Å². The maximum atomic E-state index is 6.08. The van der Waals surface area contributed by atoms with Crippen molar-refractivity contribution in [2.24, 2.45) is 5.73 Å². The molecule has 0 saturated heterocycles. The number of benzene rings is 1. The first-order chi connectivity index (χ1) is 7.02. The lowest BCUT2D eigenvalue weighted by molar-refractivity contribution is 0.785. The van der Waals surface area contributed by atoms with Gasteiger partial charge >= 0.3 is 0 Å². The second-order valence-electron chi connectivity index (χ2n) is 4.05. The van der Waals surface area contributed by atoms with Gasteiger partial charge in [-0.1, -0.05) is 17.7 Å². The van der Waals surface area contributed by atoms with Crippen LogP contribution in [-0.4, -0.2) is 4.98 Å². The molecule has 1 aromatic heterocycles. The summed E-state index contributed by atoms with van der Waals surface area (Å²) in [6.45, 7) is 6.09. The smallest absolute Gasteiger partial charge is 0.0503 e. The number of nitrogens with two attached hydrogens (primary N) is 1. The minimum Gasteiger partial charge on any atom is -0.357 e. The van der Waals surface area contributed by atoms with Crippen molar-refractivity contribution in [3.63, 3.8) is 0 Å². The van der Waals surface area contributed by atoms with Crippen molar-refractivity contribution in [3.8, 4) is 0 Å². The standard InChI is InChI=1S/C12H15ClN2/c1-6-9-4-5-10(13)7(2)12(9)15-11(6)8(3)14/h4-5,8,15H,14H2,1-3H3. The molecule has 80 valence electrons. The molecule has 1 atom stereocenters. The van der Waals surface area contributed by atoms with Crippen molar-refractivity contribution in [1.29, 1.82) is 0 Å². The molecule has 2 nitrogen and oxygen atoms in total. The third-order valence-corrected chi connectivity index (χ3v) is 3.33. The van der Waals surface area contributed by atoms with Crippen LogP contribution in [0.25, 0.3) is 10.9 Å². The number of H-pyrrole nitrogens is 1. The average molecular weight is 223 g/mol. The summed E-state index contributed by atoms with van der Waals surface area (Å²) in [5.74, 6) is 0. The maximum Gasteiger partial charge on any atom is 0.0503 e. The predicted octanol–water partition coefficient (Wildman–Crippen LogP) is 3.46. The number of aromatic nitrogens is 1. The third-order valence-electron chi connectivity index (χ3n) is 2.92. The molecule has 0 amide bonds. The van der Waals surface area contributed by atoms with Gasteiger partial charge < -0.3 is 10.7 Å². The van der Waals surface area contributed by atoms with Crippen LogP contribution in [0.5, 0.6) is 0 Å². The lowest BCUT2D eigenvalue weighted by atomic mass is 10.1. The van der Waals surface area contributed by atoms with Gasteiger partial charge in [-0.05, 0) is 38.0 Å². The summed E-state index contributed by atoms with van der Waals surface area (Å²) >= 11 is 6.08. The molecule has 0 aliphatic rings. The molecule has 0 aliphatic heterocycles. The molecular formula is C12H15ClN2. The molecule has 0 radical (unpaired) electrons. The Morgan fingerprint density at radius 2 is 1.93 bits per heavy atom. The van der Waals surface area contributed by atoms with Gasteiger partial charge in [0.05, 0.1) is 5.52 Å². The largest absolute Gasteiger partial charge is 0.357 e. The van der Waals surface area contributed by atoms with Crippen LogP contribution in [-0.2, 0) is 0 Å². The third kappa shape index (κ3) is 1.54. The Morgan fingerprint density at radius 3 is 2.53 bits per heavy atom. The summed E-state index contributed by atoms with van der Waals surface area (Å²) in [6, 6.07) is 4.00. The summed E-state index contributed by atoms with van der Waals surface area (Å²) in [6.07, 6.45) is 0. The highest BCUT2D eigenvalue weighted by Gasteiger charge is 2.12. The molecule has 0 fully saturated rings. The fourth-order valence-corrected chi connectivity index (χ4v) is 2.15. The van der Waals surface area contributed by atoms with Gasteiger partial charge in [0, 0.05) is 22.1 Å². The molecule has 1 aromatic carbocycles. The number of aryl methyl sites for hydroxylation is 2. The van der Waals surface area contributed by atoms with Crippen LogP contribution in [0.1, 0.15) is 29.8 Å². The predicted molar refractivity (Wildman–Crippen MR) is 65.4 cm³/mol. The number of rotatable bonds is 1. The Hall–Kier alpha value is -0.990. The maximum absolute atomic E-state index is 6.08. The average Bonchev–Trinajstić information content (AvgIpc) is 2.51. The number of halogens is 1. The monoisotopic (exact) mass is 222 g/mol. The van der Waals surface area contributed by atoms with Crippen LogP contribution in [0.2, 0.25) is 5.02 Å². The van der Waals surface area contributed by atoms with Gasteiger partial charge in [0.25, 0.3) is 0 Å². The highest BCUT2D eigenvalue weighted by molar-refractivity contribution is 6.32. The molecular weight excluding hydrogens is 208 g/mol. The van der Waals surface area contributed by atoms with E-state index in [-0.39, 0.29) is 6.04 Å². The van der Waals surface area contributed by atoms with Crippen LogP contribution in [0.15, 0.2) is 12.1 Å². The van der Waals surface area contributed by atoms with Gasteiger partial charge in [-0.15, -0.1) is 0 Å². The van der Waals surface area contributed by atoms with E-state index in [1.807, 2.05) is 26.0 Å².